The molecular formula is C14H21ClN2O6S. The van der Waals surface area contributed by atoms with Crippen LogP contribution in [-0.4, -0.2) is 69.9 Å². The molecule has 0 saturated carbocycles. The van der Waals surface area contributed by atoms with Crippen LogP contribution < -0.4 is 21.7 Å². The molecule has 2 heterocycles. The summed E-state index contributed by atoms with van der Waals surface area (Å²) in [5.41, 5.74) is -0.687. The van der Waals surface area contributed by atoms with E-state index in [1.54, 1.807) is 43.2 Å². The van der Waals surface area contributed by atoms with Gasteiger partial charge in [-0.25, -0.2) is 4.79 Å². The SMILES string of the molecule is CN(C)C(=O)OC[n+]1cccc(O[C@H]2SC[C@@H](O)[C@H](O)[C@H]2O)c1.[Cl-]. The number of aromatic nitrogens is 1. The van der Waals surface area contributed by atoms with Gasteiger partial charge in [-0.2, -0.15) is 4.57 Å². The van der Waals surface area contributed by atoms with E-state index in [-0.39, 0.29) is 24.9 Å². The van der Waals surface area contributed by atoms with Crippen molar-refractivity contribution in [3.8, 4) is 5.75 Å². The molecule has 0 spiro atoms. The van der Waals surface area contributed by atoms with E-state index in [1.807, 2.05) is 0 Å². The van der Waals surface area contributed by atoms with Crippen LogP contribution in [0.5, 0.6) is 5.75 Å². The summed E-state index contributed by atoms with van der Waals surface area (Å²) in [5, 5.41) is 29.1. The minimum atomic E-state index is -1.24. The van der Waals surface area contributed by atoms with Crippen LogP contribution in [0.25, 0.3) is 0 Å². The maximum atomic E-state index is 11.4. The summed E-state index contributed by atoms with van der Waals surface area (Å²) in [5.74, 6) is 0.726. The highest BCUT2D eigenvalue weighted by molar-refractivity contribution is 7.99. The van der Waals surface area contributed by atoms with Gasteiger partial charge in [0.2, 0.25) is 6.20 Å². The standard InChI is InChI=1S/C14H21N2O6S.ClH/c1-15(2)14(20)21-8-16-5-3-4-9(6-16)22-13-12(19)11(18)10(17)7-23-13;/h3-6,10-13,17-19H,7-8H2,1-2H3;1H/q+1;/p-1/t10-,11+,12-,13+;/m1./s1. The summed E-state index contributed by atoms with van der Waals surface area (Å²) in [7, 11) is 3.18. The molecule has 4 atom stereocenters. The number of pyridine rings is 1. The van der Waals surface area contributed by atoms with E-state index < -0.39 is 29.8 Å². The molecule has 8 nitrogen and oxygen atoms in total. The summed E-state index contributed by atoms with van der Waals surface area (Å²) >= 11 is 1.22. The Morgan fingerprint density at radius 2 is 2.08 bits per heavy atom. The third-order valence-electron chi connectivity index (χ3n) is 3.24. The molecule has 1 amide bonds. The van der Waals surface area contributed by atoms with Crippen molar-refractivity contribution in [3.63, 3.8) is 0 Å². The zero-order valence-electron chi connectivity index (χ0n) is 13.3. The zero-order valence-corrected chi connectivity index (χ0v) is 14.9. The predicted molar refractivity (Wildman–Crippen MR) is 81.7 cm³/mol. The molecule has 1 fully saturated rings. The number of ether oxygens (including phenoxy) is 2. The molecular weight excluding hydrogens is 360 g/mol. The predicted octanol–water partition coefficient (Wildman–Crippen LogP) is -3.83. The first-order valence-electron chi connectivity index (χ1n) is 7.04. The van der Waals surface area contributed by atoms with E-state index in [0.29, 0.717) is 5.75 Å². The lowest BCUT2D eigenvalue weighted by atomic mass is 10.1. The van der Waals surface area contributed by atoms with Gasteiger partial charge in [-0.15, -0.1) is 11.8 Å². The van der Waals surface area contributed by atoms with Gasteiger partial charge in [0, 0.05) is 25.9 Å². The molecule has 0 aliphatic carbocycles. The van der Waals surface area contributed by atoms with Crippen LogP contribution in [0.3, 0.4) is 0 Å². The van der Waals surface area contributed by atoms with Crippen molar-refractivity contribution in [1.29, 1.82) is 0 Å². The summed E-state index contributed by atoms with van der Waals surface area (Å²) in [6, 6.07) is 3.40. The van der Waals surface area contributed by atoms with Crippen LogP contribution in [0.1, 0.15) is 0 Å². The van der Waals surface area contributed by atoms with E-state index in [4.69, 9.17) is 9.47 Å². The number of aliphatic hydroxyl groups is 3. The lowest BCUT2D eigenvalue weighted by molar-refractivity contribution is -0.727. The van der Waals surface area contributed by atoms with Gasteiger partial charge in [0.05, 0.1) is 6.10 Å². The first-order valence-corrected chi connectivity index (χ1v) is 8.09. The fourth-order valence-corrected chi connectivity index (χ4v) is 3.05. The Labute approximate surface area is 150 Å². The Morgan fingerprint density at radius 3 is 2.75 bits per heavy atom. The molecule has 10 heteroatoms. The quantitative estimate of drug-likeness (QED) is 0.460. The molecule has 1 saturated heterocycles. The topological polar surface area (TPSA) is 103 Å². The van der Waals surface area contributed by atoms with Crippen LogP contribution in [-0.2, 0) is 11.5 Å². The molecule has 136 valence electrons. The van der Waals surface area contributed by atoms with Crippen LogP contribution in [0.15, 0.2) is 24.5 Å². The van der Waals surface area contributed by atoms with E-state index in [2.05, 4.69) is 0 Å². The molecule has 0 bridgehead atoms. The lowest BCUT2D eigenvalue weighted by Crippen LogP contribution is -3.00. The van der Waals surface area contributed by atoms with Crippen LogP contribution in [0.4, 0.5) is 4.79 Å². The lowest BCUT2D eigenvalue weighted by Gasteiger charge is -2.34. The average Bonchev–Trinajstić information content (AvgIpc) is 2.53. The van der Waals surface area contributed by atoms with E-state index in [1.165, 1.54) is 16.7 Å². The molecule has 3 N–H and O–H groups in total. The molecule has 1 aromatic rings. The number of thioether (sulfide) groups is 1. The van der Waals surface area contributed by atoms with Gasteiger partial charge >= 0.3 is 6.09 Å². The minimum Gasteiger partial charge on any atom is -1.00 e. The number of halogens is 1. The number of carbonyl (C=O) groups excluding carboxylic acids is 1. The molecule has 2 rings (SSSR count). The number of amides is 1. The first kappa shape index (κ1) is 20.8. The van der Waals surface area contributed by atoms with E-state index >= 15 is 0 Å². The number of hydrogen-bond acceptors (Lipinski definition) is 7. The van der Waals surface area contributed by atoms with Crippen molar-refractivity contribution < 1.29 is 46.6 Å². The Hall–Kier alpha value is -1.26. The van der Waals surface area contributed by atoms with Gasteiger partial charge in [-0.1, -0.05) is 0 Å². The smallest absolute Gasteiger partial charge is 0.414 e. The number of rotatable bonds is 4. The van der Waals surface area contributed by atoms with Gasteiger partial charge in [-0.3, -0.25) is 0 Å². The number of aliphatic hydroxyl groups excluding tert-OH is 3. The number of nitrogens with zero attached hydrogens (tertiary/aromatic N) is 2. The van der Waals surface area contributed by atoms with Crippen molar-refractivity contribution in [2.75, 3.05) is 19.8 Å². The second-order valence-corrected chi connectivity index (χ2v) is 6.49. The fourth-order valence-electron chi connectivity index (χ4n) is 1.92. The third kappa shape index (κ3) is 5.38. The van der Waals surface area contributed by atoms with Crippen molar-refractivity contribution in [2.24, 2.45) is 0 Å². The molecule has 0 radical (unpaired) electrons. The second kappa shape index (κ2) is 9.28. The monoisotopic (exact) mass is 380 g/mol. The van der Waals surface area contributed by atoms with Crippen molar-refractivity contribution in [1.82, 2.24) is 4.90 Å². The second-order valence-electron chi connectivity index (χ2n) is 5.36. The summed E-state index contributed by atoms with van der Waals surface area (Å²) in [4.78, 5) is 12.7. The first-order chi connectivity index (χ1) is 10.9. The summed E-state index contributed by atoms with van der Waals surface area (Å²) in [6.07, 6.45) is -0.533. The average molecular weight is 381 g/mol. The maximum Gasteiger partial charge on any atom is 0.414 e. The number of hydrogen-bond donors (Lipinski definition) is 3. The highest BCUT2D eigenvalue weighted by atomic mass is 35.5. The minimum absolute atomic E-state index is 0. The van der Waals surface area contributed by atoms with Crippen LogP contribution in [0.2, 0.25) is 0 Å². The molecule has 0 aromatic carbocycles. The Balaban J connectivity index is 0.00000288. The number of carbonyl (C=O) groups is 1. The maximum absolute atomic E-state index is 11.4. The van der Waals surface area contributed by atoms with Crippen LogP contribution >= 0.6 is 11.8 Å². The van der Waals surface area contributed by atoms with E-state index in [9.17, 15) is 20.1 Å². The highest BCUT2D eigenvalue weighted by Gasteiger charge is 2.38. The van der Waals surface area contributed by atoms with Crippen molar-refractivity contribution in [2.45, 2.75) is 30.5 Å². The molecule has 1 aliphatic heterocycles. The zero-order chi connectivity index (χ0) is 17.0. The Morgan fingerprint density at radius 1 is 1.38 bits per heavy atom. The normalized spacial score (nSPS) is 26.2. The fraction of sp³-hybridized carbons (Fsp3) is 0.571. The van der Waals surface area contributed by atoms with Crippen molar-refractivity contribution in [3.05, 3.63) is 24.5 Å². The molecule has 1 aliphatic rings. The van der Waals surface area contributed by atoms with E-state index in [0.717, 1.165) is 0 Å². The largest absolute Gasteiger partial charge is 1.00 e. The molecule has 24 heavy (non-hydrogen) atoms. The molecule has 0 unspecified atom stereocenters. The Bertz CT molecular complexity index is 550. The van der Waals surface area contributed by atoms with Gasteiger partial charge in [0.15, 0.2) is 17.4 Å². The summed E-state index contributed by atoms with van der Waals surface area (Å²) in [6.45, 7) is 0.0237. The van der Waals surface area contributed by atoms with Crippen molar-refractivity contribution >= 4 is 17.9 Å². The van der Waals surface area contributed by atoms with Crippen LogP contribution in [0, 0.1) is 0 Å². The van der Waals surface area contributed by atoms with Gasteiger partial charge in [0.25, 0.3) is 6.73 Å². The van der Waals surface area contributed by atoms with Gasteiger partial charge < -0.3 is 42.1 Å². The summed E-state index contributed by atoms with van der Waals surface area (Å²) < 4.78 is 12.3. The van der Waals surface area contributed by atoms with Gasteiger partial charge in [0.1, 0.15) is 12.2 Å². The Kier molecular flexibility index (Phi) is 8.04. The van der Waals surface area contributed by atoms with Gasteiger partial charge in [-0.05, 0) is 6.07 Å². The third-order valence-corrected chi connectivity index (χ3v) is 4.48. The highest BCUT2D eigenvalue weighted by Crippen LogP contribution is 2.28. The molecule has 1 aromatic heterocycles.